The molecule has 1 rings (SSSR count). The van der Waals surface area contributed by atoms with E-state index in [1.54, 1.807) is 0 Å². The van der Waals surface area contributed by atoms with E-state index in [-0.39, 0.29) is 12.6 Å². The number of ether oxygens (including phenoxy) is 1. The van der Waals surface area contributed by atoms with Crippen LogP contribution in [0.4, 0.5) is 13.2 Å². The van der Waals surface area contributed by atoms with Gasteiger partial charge in [0.25, 0.3) is 0 Å². The average Bonchev–Trinajstić information content (AvgIpc) is 2.25. The Labute approximate surface area is 92.2 Å². The Morgan fingerprint density at radius 1 is 1.25 bits per heavy atom. The van der Waals surface area contributed by atoms with Gasteiger partial charge in [-0.25, -0.2) is 0 Å². The molecule has 0 spiro atoms. The third-order valence-electron chi connectivity index (χ3n) is 2.19. The second kappa shape index (κ2) is 5.32. The fourth-order valence-corrected chi connectivity index (χ4v) is 1.39. The summed E-state index contributed by atoms with van der Waals surface area (Å²) in [7, 11) is 0. The molecule has 0 aliphatic rings. The molecular formula is C11H14F3NO. The minimum Gasteiger partial charge on any atom is -0.372 e. The minimum atomic E-state index is -4.30. The van der Waals surface area contributed by atoms with Crippen LogP contribution in [0.15, 0.2) is 24.3 Å². The Morgan fingerprint density at radius 3 is 2.19 bits per heavy atom. The van der Waals surface area contributed by atoms with Gasteiger partial charge in [0.1, 0.15) is 0 Å². The normalized spacial score (nSPS) is 13.8. The van der Waals surface area contributed by atoms with Crippen LogP contribution in [0.3, 0.4) is 0 Å². The summed E-state index contributed by atoms with van der Waals surface area (Å²) in [5.74, 6) is 0. The molecule has 2 nitrogen and oxygen atoms in total. The first-order chi connectivity index (χ1) is 7.49. The average molecular weight is 233 g/mol. The summed E-state index contributed by atoms with van der Waals surface area (Å²) >= 11 is 0. The fraction of sp³-hybridized carbons (Fsp3) is 0.455. The second-order valence-electron chi connectivity index (χ2n) is 3.30. The van der Waals surface area contributed by atoms with Crippen LogP contribution in [0.2, 0.25) is 0 Å². The van der Waals surface area contributed by atoms with Crippen molar-refractivity contribution in [2.75, 3.05) is 13.2 Å². The van der Waals surface area contributed by atoms with Gasteiger partial charge in [-0.3, -0.25) is 0 Å². The van der Waals surface area contributed by atoms with Gasteiger partial charge in [0.05, 0.1) is 11.7 Å². The maximum Gasteiger partial charge on any atom is 0.416 e. The summed E-state index contributed by atoms with van der Waals surface area (Å²) in [6.07, 6.45) is -4.64. The maximum atomic E-state index is 12.3. The maximum absolute atomic E-state index is 12.3. The molecule has 0 saturated carbocycles. The Morgan fingerprint density at radius 2 is 1.81 bits per heavy atom. The molecule has 0 bridgehead atoms. The standard InChI is InChI=1S/C11H14F3NO/c1-2-16-10(7-15)8-3-5-9(6-4-8)11(12,13)14/h3-6,10H,2,7,15H2,1H3. The van der Waals surface area contributed by atoms with Crippen LogP contribution in [0.25, 0.3) is 0 Å². The van der Waals surface area contributed by atoms with E-state index in [0.29, 0.717) is 12.2 Å². The summed E-state index contributed by atoms with van der Waals surface area (Å²) in [5, 5.41) is 0. The van der Waals surface area contributed by atoms with E-state index >= 15 is 0 Å². The van der Waals surface area contributed by atoms with Gasteiger partial charge in [-0.2, -0.15) is 13.2 Å². The van der Waals surface area contributed by atoms with Crippen molar-refractivity contribution in [2.24, 2.45) is 5.73 Å². The first kappa shape index (κ1) is 13.0. The van der Waals surface area contributed by atoms with Gasteiger partial charge in [0.2, 0.25) is 0 Å². The Kier molecular flexibility index (Phi) is 4.32. The summed E-state index contributed by atoms with van der Waals surface area (Å²) in [6, 6.07) is 4.88. The van der Waals surface area contributed by atoms with Crippen molar-refractivity contribution >= 4 is 0 Å². The molecule has 1 unspecified atom stereocenters. The van der Waals surface area contributed by atoms with Crippen molar-refractivity contribution in [1.82, 2.24) is 0 Å². The summed E-state index contributed by atoms with van der Waals surface area (Å²) in [5.41, 5.74) is 5.47. The topological polar surface area (TPSA) is 35.2 Å². The lowest BCUT2D eigenvalue weighted by Gasteiger charge is -2.16. The van der Waals surface area contributed by atoms with E-state index in [1.165, 1.54) is 12.1 Å². The van der Waals surface area contributed by atoms with Gasteiger partial charge in [-0.15, -0.1) is 0 Å². The molecule has 0 aliphatic carbocycles. The molecule has 5 heteroatoms. The second-order valence-corrected chi connectivity index (χ2v) is 3.30. The molecule has 1 aromatic carbocycles. The van der Waals surface area contributed by atoms with Gasteiger partial charge in [-0.05, 0) is 24.6 Å². The SMILES string of the molecule is CCOC(CN)c1ccc(C(F)(F)F)cc1. The third-order valence-corrected chi connectivity index (χ3v) is 2.19. The molecule has 0 amide bonds. The number of alkyl halides is 3. The van der Waals surface area contributed by atoms with Crippen molar-refractivity contribution in [3.63, 3.8) is 0 Å². The van der Waals surface area contributed by atoms with Crippen molar-refractivity contribution in [1.29, 1.82) is 0 Å². The molecule has 0 aromatic heterocycles. The number of benzene rings is 1. The largest absolute Gasteiger partial charge is 0.416 e. The predicted molar refractivity (Wildman–Crippen MR) is 54.9 cm³/mol. The van der Waals surface area contributed by atoms with E-state index in [0.717, 1.165) is 12.1 Å². The van der Waals surface area contributed by atoms with Crippen LogP contribution in [-0.2, 0) is 10.9 Å². The minimum absolute atomic E-state index is 0.249. The van der Waals surface area contributed by atoms with Gasteiger partial charge in [-0.1, -0.05) is 12.1 Å². The molecule has 0 radical (unpaired) electrons. The van der Waals surface area contributed by atoms with E-state index in [2.05, 4.69) is 0 Å². The highest BCUT2D eigenvalue weighted by Crippen LogP contribution is 2.30. The molecule has 16 heavy (non-hydrogen) atoms. The lowest BCUT2D eigenvalue weighted by atomic mass is 10.1. The highest BCUT2D eigenvalue weighted by molar-refractivity contribution is 5.26. The van der Waals surface area contributed by atoms with E-state index < -0.39 is 11.7 Å². The van der Waals surface area contributed by atoms with E-state index in [4.69, 9.17) is 10.5 Å². The molecule has 0 fully saturated rings. The van der Waals surface area contributed by atoms with Gasteiger partial charge < -0.3 is 10.5 Å². The number of halogens is 3. The first-order valence-electron chi connectivity index (χ1n) is 4.97. The van der Waals surface area contributed by atoms with Crippen LogP contribution in [0.1, 0.15) is 24.2 Å². The molecule has 2 N–H and O–H groups in total. The predicted octanol–water partition coefficient (Wildman–Crippen LogP) is 2.74. The summed E-state index contributed by atoms with van der Waals surface area (Å²) in [4.78, 5) is 0. The molecule has 0 saturated heterocycles. The fourth-order valence-electron chi connectivity index (χ4n) is 1.39. The van der Waals surface area contributed by atoms with Crippen LogP contribution < -0.4 is 5.73 Å². The molecule has 90 valence electrons. The molecule has 0 heterocycles. The first-order valence-corrected chi connectivity index (χ1v) is 4.97. The highest BCUT2D eigenvalue weighted by atomic mass is 19.4. The van der Waals surface area contributed by atoms with Gasteiger partial charge in [0.15, 0.2) is 0 Å². The number of hydrogen-bond acceptors (Lipinski definition) is 2. The van der Waals surface area contributed by atoms with Crippen LogP contribution in [-0.4, -0.2) is 13.2 Å². The number of nitrogens with two attached hydrogens (primary N) is 1. The monoisotopic (exact) mass is 233 g/mol. The quantitative estimate of drug-likeness (QED) is 0.867. The molecular weight excluding hydrogens is 219 g/mol. The Bertz CT molecular complexity index is 321. The summed E-state index contributed by atoms with van der Waals surface area (Å²) in [6.45, 7) is 2.54. The van der Waals surface area contributed by atoms with Crippen molar-refractivity contribution in [3.8, 4) is 0 Å². The van der Waals surface area contributed by atoms with Crippen molar-refractivity contribution in [3.05, 3.63) is 35.4 Å². The van der Waals surface area contributed by atoms with E-state index in [9.17, 15) is 13.2 Å². The lowest BCUT2D eigenvalue weighted by molar-refractivity contribution is -0.137. The van der Waals surface area contributed by atoms with Gasteiger partial charge >= 0.3 is 6.18 Å². The van der Waals surface area contributed by atoms with Crippen LogP contribution in [0.5, 0.6) is 0 Å². The summed E-state index contributed by atoms with van der Waals surface area (Å²) < 4.78 is 42.2. The zero-order valence-corrected chi connectivity index (χ0v) is 8.92. The molecule has 0 aliphatic heterocycles. The van der Waals surface area contributed by atoms with Crippen molar-refractivity contribution < 1.29 is 17.9 Å². The molecule has 1 atom stereocenters. The van der Waals surface area contributed by atoms with Crippen LogP contribution in [0, 0.1) is 0 Å². The zero-order chi connectivity index (χ0) is 12.2. The van der Waals surface area contributed by atoms with E-state index in [1.807, 2.05) is 6.92 Å². The molecule has 1 aromatic rings. The smallest absolute Gasteiger partial charge is 0.372 e. The number of rotatable bonds is 4. The number of hydrogen-bond donors (Lipinski definition) is 1. The lowest BCUT2D eigenvalue weighted by Crippen LogP contribution is -2.16. The van der Waals surface area contributed by atoms with Crippen molar-refractivity contribution in [2.45, 2.75) is 19.2 Å². The van der Waals surface area contributed by atoms with Gasteiger partial charge in [0, 0.05) is 13.2 Å². The Balaban J connectivity index is 2.85. The Hall–Kier alpha value is -1.07. The highest BCUT2D eigenvalue weighted by Gasteiger charge is 2.30. The van der Waals surface area contributed by atoms with Crippen LogP contribution >= 0.6 is 0 Å². The third kappa shape index (κ3) is 3.21. The zero-order valence-electron chi connectivity index (χ0n) is 8.92.